The van der Waals surface area contributed by atoms with Crippen LogP contribution in [0.15, 0.2) is 18.2 Å². The summed E-state index contributed by atoms with van der Waals surface area (Å²) in [6.45, 7) is 7.54. The second-order valence-electron chi connectivity index (χ2n) is 7.63. The Hall–Kier alpha value is -1.51. The lowest BCUT2D eigenvalue weighted by Gasteiger charge is -2.19. The molecule has 2 N–H and O–H groups in total. The number of carbonyl (C=O) groups is 1. The van der Waals surface area contributed by atoms with Crippen LogP contribution >= 0.6 is 0 Å². The predicted molar refractivity (Wildman–Crippen MR) is 95.0 cm³/mol. The van der Waals surface area contributed by atoms with Crippen molar-refractivity contribution >= 4 is 5.91 Å². The van der Waals surface area contributed by atoms with E-state index in [1.54, 1.807) is 0 Å². The van der Waals surface area contributed by atoms with Gasteiger partial charge < -0.3 is 10.5 Å². The van der Waals surface area contributed by atoms with Crippen LogP contribution in [0.3, 0.4) is 0 Å². The van der Waals surface area contributed by atoms with Crippen LogP contribution in [0, 0.1) is 5.41 Å². The average molecular weight is 317 g/mol. The number of amides is 1. The highest BCUT2D eigenvalue weighted by Crippen LogP contribution is 2.47. The molecule has 3 heteroatoms. The average Bonchev–Trinajstić information content (AvgIpc) is 2.87. The molecule has 128 valence electrons. The first-order valence-electron chi connectivity index (χ1n) is 8.99. The van der Waals surface area contributed by atoms with Crippen LogP contribution in [0.4, 0.5) is 0 Å². The van der Waals surface area contributed by atoms with Crippen molar-refractivity contribution in [2.45, 2.75) is 71.6 Å². The van der Waals surface area contributed by atoms with Crippen LogP contribution in [-0.4, -0.2) is 12.5 Å². The first kappa shape index (κ1) is 17.8. The summed E-state index contributed by atoms with van der Waals surface area (Å²) in [7, 11) is 0. The number of unbranched alkanes of at least 4 members (excludes halogenated alkanes) is 3. The zero-order valence-electron chi connectivity index (χ0n) is 14.9. The maximum absolute atomic E-state index is 11.8. The highest BCUT2D eigenvalue weighted by Gasteiger charge is 2.33. The molecule has 23 heavy (non-hydrogen) atoms. The van der Waals surface area contributed by atoms with Gasteiger partial charge in [0, 0.05) is 5.56 Å². The summed E-state index contributed by atoms with van der Waals surface area (Å²) in [6.07, 6.45) is 8.19. The molecule has 0 aromatic heterocycles. The van der Waals surface area contributed by atoms with Crippen LogP contribution < -0.4 is 10.5 Å². The smallest absolute Gasteiger partial charge is 0.248 e. The Morgan fingerprint density at radius 1 is 1.30 bits per heavy atom. The van der Waals surface area contributed by atoms with Crippen molar-refractivity contribution in [1.82, 2.24) is 0 Å². The molecule has 1 aromatic rings. The van der Waals surface area contributed by atoms with E-state index in [2.05, 4.69) is 20.8 Å². The van der Waals surface area contributed by atoms with E-state index >= 15 is 0 Å². The highest BCUT2D eigenvalue weighted by atomic mass is 16.5. The fourth-order valence-electron chi connectivity index (χ4n) is 3.61. The largest absolute Gasteiger partial charge is 0.494 e. The summed E-state index contributed by atoms with van der Waals surface area (Å²) in [4.78, 5) is 11.8. The van der Waals surface area contributed by atoms with Gasteiger partial charge in [-0.15, -0.1) is 0 Å². The second-order valence-corrected chi connectivity index (χ2v) is 7.63. The van der Waals surface area contributed by atoms with Gasteiger partial charge in [-0.3, -0.25) is 4.79 Å². The standard InChI is InChI=1S/C20H31NO2/c1-4-5-6-7-12-23-16-8-9-17(19(21)22)18(13-16)15-10-11-20(2,3)14-15/h8-9,13,15H,4-7,10-12,14H2,1-3H3,(H2,21,22). The fraction of sp³-hybridized carbons (Fsp3) is 0.650. The molecule has 2 rings (SSSR count). The van der Waals surface area contributed by atoms with Gasteiger partial charge in [-0.2, -0.15) is 0 Å². The molecule has 0 bridgehead atoms. The minimum atomic E-state index is -0.334. The third-order valence-corrected chi connectivity index (χ3v) is 4.96. The van der Waals surface area contributed by atoms with Crippen LogP contribution in [-0.2, 0) is 0 Å². The van der Waals surface area contributed by atoms with Crippen LogP contribution in [0.25, 0.3) is 0 Å². The lowest BCUT2D eigenvalue weighted by molar-refractivity contribution is 0.0999. The molecule has 0 heterocycles. The molecular weight excluding hydrogens is 286 g/mol. The van der Waals surface area contributed by atoms with Gasteiger partial charge in [0.25, 0.3) is 0 Å². The first-order valence-corrected chi connectivity index (χ1v) is 8.99. The Morgan fingerprint density at radius 2 is 2.09 bits per heavy atom. The number of nitrogens with two attached hydrogens (primary N) is 1. The molecule has 0 spiro atoms. The minimum Gasteiger partial charge on any atom is -0.494 e. The summed E-state index contributed by atoms with van der Waals surface area (Å²) >= 11 is 0. The lowest BCUT2D eigenvalue weighted by Crippen LogP contribution is -2.16. The molecule has 1 aliphatic carbocycles. The Kier molecular flexibility index (Phi) is 6.09. The van der Waals surface area contributed by atoms with Crippen LogP contribution in [0.2, 0.25) is 0 Å². The number of primary amides is 1. The van der Waals surface area contributed by atoms with E-state index in [1.807, 2.05) is 18.2 Å². The Morgan fingerprint density at radius 3 is 2.70 bits per heavy atom. The Labute approximate surface area is 140 Å². The van der Waals surface area contributed by atoms with Gasteiger partial charge in [0.15, 0.2) is 0 Å². The van der Waals surface area contributed by atoms with E-state index in [0.717, 1.165) is 37.2 Å². The predicted octanol–water partition coefficient (Wildman–Crippen LogP) is 5.04. The van der Waals surface area contributed by atoms with Gasteiger partial charge in [-0.05, 0) is 60.8 Å². The monoisotopic (exact) mass is 317 g/mol. The molecule has 1 atom stereocenters. The van der Waals surface area contributed by atoms with E-state index in [1.165, 1.54) is 25.7 Å². The number of ether oxygens (including phenoxy) is 1. The molecule has 1 saturated carbocycles. The molecule has 1 aromatic carbocycles. The van der Waals surface area contributed by atoms with Gasteiger partial charge in [-0.25, -0.2) is 0 Å². The molecule has 0 aliphatic heterocycles. The molecule has 0 saturated heterocycles. The topological polar surface area (TPSA) is 52.3 Å². The van der Waals surface area contributed by atoms with E-state index in [4.69, 9.17) is 10.5 Å². The van der Waals surface area contributed by atoms with E-state index in [0.29, 0.717) is 16.9 Å². The summed E-state index contributed by atoms with van der Waals surface area (Å²) in [5.41, 5.74) is 7.66. The van der Waals surface area contributed by atoms with Crippen molar-refractivity contribution in [2.24, 2.45) is 11.1 Å². The second kappa shape index (κ2) is 7.85. The highest BCUT2D eigenvalue weighted by molar-refractivity contribution is 5.94. The SMILES string of the molecule is CCCCCCOc1ccc(C(N)=O)c(C2CCC(C)(C)C2)c1. The van der Waals surface area contributed by atoms with Crippen molar-refractivity contribution < 1.29 is 9.53 Å². The quantitative estimate of drug-likeness (QED) is 0.683. The van der Waals surface area contributed by atoms with Crippen molar-refractivity contribution in [1.29, 1.82) is 0 Å². The van der Waals surface area contributed by atoms with Gasteiger partial charge in [0.1, 0.15) is 5.75 Å². The number of hydrogen-bond donors (Lipinski definition) is 1. The molecular formula is C20H31NO2. The lowest BCUT2D eigenvalue weighted by atomic mass is 9.87. The maximum atomic E-state index is 11.8. The Bertz CT molecular complexity index is 536. The van der Waals surface area contributed by atoms with E-state index in [-0.39, 0.29) is 5.91 Å². The normalized spacial score (nSPS) is 19.7. The summed E-state index contributed by atoms with van der Waals surface area (Å²) in [5, 5.41) is 0. The summed E-state index contributed by atoms with van der Waals surface area (Å²) < 4.78 is 5.89. The van der Waals surface area contributed by atoms with Crippen molar-refractivity contribution in [3.8, 4) is 5.75 Å². The van der Waals surface area contributed by atoms with Gasteiger partial charge >= 0.3 is 0 Å². The number of rotatable bonds is 8. The van der Waals surface area contributed by atoms with Crippen molar-refractivity contribution in [3.05, 3.63) is 29.3 Å². The zero-order valence-corrected chi connectivity index (χ0v) is 14.9. The van der Waals surface area contributed by atoms with E-state index in [9.17, 15) is 4.79 Å². The van der Waals surface area contributed by atoms with Crippen LogP contribution in [0.5, 0.6) is 5.75 Å². The first-order chi connectivity index (χ1) is 10.9. The van der Waals surface area contributed by atoms with Gasteiger partial charge in [-0.1, -0.05) is 40.0 Å². The third kappa shape index (κ3) is 4.98. The minimum absolute atomic E-state index is 0.334. The summed E-state index contributed by atoms with van der Waals surface area (Å²) in [5.74, 6) is 0.946. The number of hydrogen-bond acceptors (Lipinski definition) is 2. The molecule has 1 aliphatic rings. The summed E-state index contributed by atoms with van der Waals surface area (Å²) in [6, 6.07) is 5.76. The van der Waals surface area contributed by atoms with Gasteiger partial charge in [0.2, 0.25) is 5.91 Å². The Balaban J connectivity index is 2.08. The van der Waals surface area contributed by atoms with Crippen LogP contribution in [0.1, 0.15) is 87.6 Å². The van der Waals surface area contributed by atoms with Gasteiger partial charge in [0.05, 0.1) is 6.61 Å². The number of benzene rings is 1. The number of carbonyl (C=O) groups excluding carboxylic acids is 1. The molecule has 1 unspecified atom stereocenters. The van der Waals surface area contributed by atoms with Crippen molar-refractivity contribution in [3.63, 3.8) is 0 Å². The molecule has 1 fully saturated rings. The molecule has 0 radical (unpaired) electrons. The maximum Gasteiger partial charge on any atom is 0.248 e. The zero-order chi connectivity index (χ0) is 16.9. The molecule has 1 amide bonds. The fourth-order valence-corrected chi connectivity index (χ4v) is 3.61. The van der Waals surface area contributed by atoms with E-state index < -0.39 is 0 Å². The molecule has 3 nitrogen and oxygen atoms in total. The third-order valence-electron chi connectivity index (χ3n) is 4.96. The van der Waals surface area contributed by atoms with Crippen molar-refractivity contribution in [2.75, 3.05) is 6.61 Å².